The van der Waals surface area contributed by atoms with E-state index in [2.05, 4.69) is 24.2 Å². The maximum Gasteiger partial charge on any atom is 0.348 e. The van der Waals surface area contributed by atoms with E-state index in [1.165, 1.54) is 0 Å². The fourth-order valence-corrected chi connectivity index (χ4v) is 5.11. The first-order valence-electron chi connectivity index (χ1n) is 11.3. The van der Waals surface area contributed by atoms with Crippen molar-refractivity contribution in [1.82, 2.24) is 5.43 Å². The lowest BCUT2D eigenvalue weighted by atomic mass is 9.87. The van der Waals surface area contributed by atoms with Crippen LogP contribution < -0.4 is 10.4 Å². The highest BCUT2D eigenvalue weighted by atomic mass is 32.1. The molecule has 0 radical (unpaired) electrons. The van der Waals surface area contributed by atoms with Crippen LogP contribution >= 0.6 is 11.3 Å². The minimum atomic E-state index is -2.63. The highest BCUT2D eigenvalue weighted by molar-refractivity contribution is 7.15. The minimum absolute atomic E-state index is 0.157. The summed E-state index contributed by atoms with van der Waals surface area (Å²) >= 11 is 1.16. The molecule has 2 fully saturated rings. The van der Waals surface area contributed by atoms with Gasteiger partial charge in [0.25, 0.3) is 0 Å². The Bertz CT molecular complexity index is 832. The number of nitrogens with zero attached hydrogens (tertiary/aromatic N) is 1. The normalized spacial score (nSPS) is 24.3. The largest absolute Gasteiger partial charge is 0.477 e. The van der Waals surface area contributed by atoms with Crippen LogP contribution in [0.5, 0.6) is 0 Å². The van der Waals surface area contributed by atoms with Gasteiger partial charge >= 0.3 is 5.97 Å². The molecule has 3 rings (SSSR count). The smallest absolute Gasteiger partial charge is 0.348 e. The molecule has 0 spiro atoms. The van der Waals surface area contributed by atoms with Crippen LogP contribution in [0.4, 0.5) is 14.5 Å². The SMILES string of the molecule is CC1CCC(NN(c2cc(C#CC(C)(C)C)sc2C(=O)O)C2CCC(F)(F)CC2)CC1. The number of anilines is 1. The van der Waals surface area contributed by atoms with E-state index < -0.39 is 11.9 Å². The molecule has 1 aromatic heterocycles. The second-order valence-electron chi connectivity index (χ2n) is 10.2. The fraction of sp³-hybridized carbons (Fsp3) is 0.708. The highest BCUT2D eigenvalue weighted by Crippen LogP contribution is 2.39. The number of halogens is 2. The number of hydrazine groups is 1. The Kier molecular flexibility index (Phi) is 7.32. The summed E-state index contributed by atoms with van der Waals surface area (Å²) in [6, 6.07) is 1.89. The van der Waals surface area contributed by atoms with Gasteiger partial charge in [0.1, 0.15) is 4.88 Å². The van der Waals surface area contributed by atoms with Crippen molar-refractivity contribution in [1.29, 1.82) is 0 Å². The van der Waals surface area contributed by atoms with E-state index in [0.29, 0.717) is 29.3 Å². The van der Waals surface area contributed by atoms with Crippen LogP contribution in [-0.4, -0.2) is 29.1 Å². The number of nitrogens with one attached hydrogen (secondary N) is 1. The lowest BCUT2D eigenvalue weighted by molar-refractivity contribution is -0.0390. The Morgan fingerprint density at radius 2 is 1.81 bits per heavy atom. The third kappa shape index (κ3) is 6.66. The summed E-state index contributed by atoms with van der Waals surface area (Å²) in [5, 5.41) is 11.8. The summed E-state index contributed by atoms with van der Waals surface area (Å²) in [5.41, 5.74) is 3.92. The molecule has 172 valence electrons. The van der Waals surface area contributed by atoms with Crippen molar-refractivity contribution < 1.29 is 18.7 Å². The molecule has 0 bridgehead atoms. The number of rotatable bonds is 5. The van der Waals surface area contributed by atoms with E-state index in [4.69, 9.17) is 0 Å². The summed E-state index contributed by atoms with van der Waals surface area (Å²) in [7, 11) is 0. The van der Waals surface area contributed by atoms with Gasteiger partial charge in [-0.2, -0.15) is 0 Å². The fourth-order valence-electron chi connectivity index (χ4n) is 4.26. The summed E-state index contributed by atoms with van der Waals surface area (Å²) in [6.45, 7) is 8.27. The molecule has 7 heteroatoms. The number of hydrogen-bond donors (Lipinski definition) is 2. The van der Waals surface area contributed by atoms with Crippen molar-refractivity contribution in [2.75, 3.05) is 5.01 Å². The molecule has 2 saturated carbocycles. The van der Waals surface area contributed by atoms with E-state index in [0.717, 1.165) is 37.0 Å². The van der Waals surface area contributed by atoms with Gasteiger partial charge in [-0.05, 0) is 71.3 Å². The molecular formula is C24H34F2N2O2S. The zero-order chi connectivity index (χ0) is 22.8. The van der Waals surface area contributed by atoms with E-state index in [1.54, 1.807) is 0 Å². The van der Waals surface area contributed by atoms with Crippen LogP contribution in [0.2, 0.25) is 0 Å². The molecule has 0 atom stereocenters. The summed E-state index contributed by atoms with van der Waals surface area (Å²) in [4.78, 5) is 13.0. The Hall–Kier alpha value is -1.65. The third-order valence-electron chi connectivity index (χ3n) is 6.12. The van der Waals surface area contributed by atoms with Crippen molar-refractivity contribution in [3.63, 3.8) is 0 Å². The predicted molar refractivity (Wildman–Crippen MR) is 122 cm³/mol. The number of hydrogen-bond acceptors (Lipinski definition) is 4. The maximum absolute atomic E-state index is 13.8. The molecule has 4 nitrogen and oxygen atoms in total. The quantitative estimate of drug-likeness (QED) is 0.406. The van der Waals surface area contributed by atoms with Gasteiger partial charge in [0, 0.05) is 30.3 Å². The van der Waals surface area contributed by atoms with Gasteiger partial charge in [-0.1, -0.05) is 18.8 Å². The average molecular weight is 453 g/mol. The van der Waals surface area contributed by atoms with E-state index in [-0.39, 0.29) is 35.2 Å². The molecule has 0 amide bonds. The number of aromatic carboxylic acids is 1. The molecule has 1 aromatic rings. The van der Waals surface area contributed by atoms with E-state index in [9.17, 15) is 18.7 Å². The Labute approximate surface area is 188 Å². The third-order valence-corrected chi connectivity index (χ3v) is 7.14. The molecule has 0 saturated heterocycles. The molecule has 1 heterocycles. The maximum atomic E-state index is 13.8. The highest BCUT2D eigenvalue weighted by Gasteiger charge is 2.39. The van der Waals surface area contributed by atoms with Crippen LogP contribution in [0.1, 0.15) is 93.6 Å². The van der Waals surface area contributed by atoms with Crippen molar-refractivity contribution in [2.24, 2.45) is 11.3 Å². The summed E-state index contributed by atoms with van der Waals surface area (Å²) in [5.74, 6) is 3.33. The van der Waals surface area contributed by atoms with E-state index in [1.807, 2.05) is 31.8 Å². The number of carboxylic acids is 1. The van der Waals surface area contributed by atoms with E-state index >= 15 is 0 Å². The Balaban J connectivity index is 1.92. The van der Waals surface area contributed by atoms with Gasteiger partial charge in [0.2, 0.25) is 5.92 Å². The van der Waals surface area contributed by atoms with Crippen LogP contribution in [0.15, 0.2) is 6.07 Å². The van der Waals surface area contributed by atoms with Crippen LogP contribution in [0.25, 0.3) is 0 Å². The Morgan fingerprint density at radius 3 is 2.35 bits per heavy atom. The molecular weight excluding hydrogens is 418 g/mol. The Morgan fingerprint density at radius 1 is 1.19 bits per heavy atom. The van der Waals surface area contributed by atoms with Crippen molar-refractivity contribution in [3.8, 4) is 11.8 Å². The number of carbonyl (C=O) groups is 1. The average Bonchev–Trinajstić information content (AvgIpc) is 3.10. The van der Waals surface area contributed by atoms with Crippen LogP contribution in [0.3, 0.4) is 0 Å². The minimum Gasteiger partial charge on any atom is -0.477 e. The van der Waals surface area contributed by atoms with Crippen LogP contribution in [0, 0.1) is 23.2 Å². The standard InChI is InChI=1S/C24H34F2N2O2S/c1-16-5-7-17(8-6-16)27-28(18-9-13-24(25,26)14-10-18)20-15-19(11-12-23(2,3)4)31-21(20)22(29)30/h15-18,27H,5-10,13-14H2,1-4H3,(H,29,30). The van der Waals surface area contributed by atoms with Gasteiger partial charge < -0.3 is 10.1 Å². The van der Waals surface area contributed by atoms with Crippen molar-refractivity contribution >= 4 is 23.0 Å². The number of thiophene rings is 1. The van der Waals surface area contributed by atoms with Gasteiger partial charge in [-0.3, -0.25) is 0 Å². The first-order chi connectivity index (χ1) is 14.4. The topological polar surface area (TPSA) is 52.6 Å². The molecule has 0 unspecified atom stereocenters. The molecule has 0 aliphatic heterocycles. The molecule has 0 aromatic carbocycles. The first-order valence-corrected chi connectivity index (χ1v) is 12.1. The molecule has 2 N–H and O–H groups in total. The van der Waals surface area contributed by atoms with Crippen LogP contribution in [-0.2, 0) is 0 Å². The number of carboxylic acid groups (broad SMARTS) is 1. The second-order valence-corrected chi connectivity index (χ2v) is 11.2. The lowest BCUT2D eigenvalue weighted by Crippen LogP contribution is -2.53. The summed E-state index contributed by atoms with van der Waals surface area (Å²) in [6.07, 6.45) is 4.58. The summed E-state index contributed by atoms with van der Waals surface area (Å²) < 4.78 is 27.6. The van der Waals surface area contributed by atoms with Crippen molar-refractivity contribution in [3.05, 3.63) is 15.8 Å². The first kappa shape index (κ1) is 24.0. The number of alkyl halides is 2. The molecule has 2 aliphatic rings. The molecule has 2 aliphatic carbocycles. The zero-order valence-corrected chi connectivity index (χ0v) is 19.7. The molecule has 31 heavy (non-hydrogen) atoms. The zero-order valence-electron chi connectivity index (χ0n) is 18.9. The second kappa shape index (κ2) is 9.46. The van der Waals surface area contributed by atoms with Gasteiger partial charge in [-0.15, -0.1) is 11.3 Å². The van der Waals surface area contributed by atoms with Crippen molar-refractivity contribution in [2.45, 2.75) is 97.1 Å². The monoisotopic (exact) mass is 452 g/mol. The predicted octanol–water partition coefficient (Wildman–Crippen LogP) is 6.31. The van der Waals surface area contributed by atoms with Gasteiger partial charge in [0.05, 0.1) is 10.6 Å². The van der Waals surface area contributed by atoms with Gasteiger partial charge in [-0.25, -0.2) is 19.0 Å². The lowest BCUT2D eigenvalue weighted by Gasteiger charge is -2.41. The van der Waals surface area contributed by atoms with Gasteiger partial charge in [0.15, 0.2) is 0 Å².